The number of hydrogen-bond acceptors (Lipinski definition) is 3. The number of piperazine rings is 1. The molecule has 1 aliphatic rings. The summed E-state index contributed by atoms with van der Waals surface area (Å²) in [4.78, 5) is 25.5. The lowest BCUT2D eigenvalue weighted by Crippen LogP contribution is -2.46. The van der Waals surface area contributed by atoms with Crippen LogP contribution in [0.15, 0.2) is 24.3 Å². The Morgan fingerprint density at radius 2 is 1.63 bits per heavy atom. The van der Waals surface area contributed by atoms with E-state index in [0.29, 0.717) is 17.5 Å². The summed E-state index contributed by atoms with van der Waals surface area (Å²) in [7, 11) is 0. The SMILES string of the molecule is CCC(=O)c1ccc(C(=O)N2CCNCC2)cc1.Cl. The fourth-order valence-electron chi connectivity index (χ4n) is 2.05. The van der Waals surface area contributed by atoms with Crippen molar-refractivity contribution in [1.82, 2.24) is 10.2 Å². The van der Waals surface area contributed by atoms with Crippen molar-refractivity contribution in [2.75, 3.05) is 26.2 Å². The lowest BCUT2D eigenvalue weighted by molar-refractivity contribution is 0.0735. The van der Waals surface area contributed by atoms with Gasteiger partial charge in [0.05, 0.1) is 0 Å². The minimum atomic E-state index is 0. The van der Waals surface area contributed by atoms with Gasteiger partial charge in [-0.3, -0.25) is 9.59 Å². The molecule has 1 aromatic carbocycles. The Balaban J connectivity index is 0.00000180. The predicted octanol–water partition coefficient (Wildman–Crippen LogP) is 1.75. The molecule has 0 aliphatic carbocycles. The molecule has 19 heavy (non-hydrogen) atoms. The molecular weight excluding hydrogens is 264 g/mol. The number of hydrogen-bond donors (Lipinski definition) is 1. The second kappa shape index (κ2) is 7.26. The summed E-state index contributed by atoms with van der Waals surface area (Å²) in [5.74, 6) is 0.156. The maximum Gasteiger partial charge on any atom is 0.253 e. The highest BCUT2D eigenvalue weighted by Crippen LogP contribution is 2.10. The highest BCUT2D eigenvalue weighted by Gasteiger charge is 2.17. The van der Waals surface area contributed by atoms with Gasteiger partial charge in [0.1, 0.15) is 0 Å². The Hall–Kier alpha value is -1.39. The Bertz CT molecular complexity index is 439. The van der Waals surface area contributed by atoms with Gasteiger partial charge in [-0.2, -0.15) is 0 Å². The number of amides is 1. The molecule has 1 aliphatic heterocycles. The van der Waals surface area contributed by atoms with E-state index in [1.54, 1.807) is 24.3 Å². The molecular formula is C14H19ClN2O2. The third-order valence-corrected chi connectivity index (χ3v) is 3.18. The van der Waals surface area contributed by atoms with E-state index >= 15 is 0 Å². The molecule has 1 heterocycles. The summed E-state index contributed by atoms with van der Waals surface area (Å²) in [5, 5.41) is 3.21. The molecule has 5 heteroatoms. The van der Waals surface area contributed by atoms with Crippen molar-refractivity contribution >= 4 is 24.1 Å². The van der Waals surface area contributed by atoms with Crippen LogP contribution in [-0.4, -0.2) is 42.8 Å². The van der Waals surface area contributed by atoms with E-state index in [1.165, 1.54) is 0 Å². The molecule has 104 valence electrons. The second-order valence-corrected chi connectivity index (χ2v) is 4.40. The molecule has 4 nitrogen and oxygen atoms in total. The van der Waals surface area contributed by atoms with Crippen LogP contribution in [0, 0.1) is 0 Å². The lowest BCUT2D eigenvalue weighted by atomic mass is 10.1. The topological polar surface area (TPSA) is 49.4 Å². The van der Waals surface area contributed by atoms with Crippen molar-refractivity contribution in [2.24, 2.45) is 0 Å². The van der Waals surface area contributed by atoms with Crippen molar-refractivity contribution in [3.63, 3.8) is 0 Å². The van der Waals surface area contributed by atoms with E-state index in [-0.39, 0.29) is 24.1 Å². The fraction of sp³-hybridized carbons (Fsp3) is 0.429. The Kier molecular flexibility index (Phi) is 5.99. The van der Waals surface area contributed by atoms with Crippen LogP contribution in [-0.2, 0) is 0 Å². The number of rotatable bonds is 3. The molecule has 0 unspecified atom stereocenters. The van der Waals surface area contributed by atoms with Crippen molar-refractivity contribution in [1.29, 1.82) is 0 Å². The van der Waals surface area contributed by atoms with Crippen molar-refractivity contribution < 1.29 is 9.59 Å². The van der Waals surface area contributed by atoms with Gasteiger partial charge in [0, 0.05) is 43.7 Å². The molecule has 1 N–H and O–H groups in total. The van der Waals surface area contributed by atoms with Crippen LogP contribution in [0.1, 0.15) is 34.1 Å². The first-order valence-corrected chi connectivity index (χ1v) is 6.35. The minimum Gasteiger partial charge on any atom is -0.336 e. The maximum atomic E-state index is 12.2. The molecule has 1 saturated heterocycles. The number of benzene rings is 1. The zero-order chi connectivity index (χ0) is 13.0. The fourth-order valence-corrected chi connectivity index (χ4v) is 2.05. The molecule has 0 spiro atoms. The Labute approximate surface area is 119 Å². The van der Waals surface area contributed by atoms with E-state index in [4.69, 9.17) is 0 Å². The van der Waals surface area contributed by atoms with Crippen LogP contribution in [0.5, 0.6) is 0 Å². The molecule has 0 atom stereocenters. The quantitative estimate of drug-likeness (QED) is 0.859. The van der Waals surface area contributed by atoms with Gasteiger partial charge < -0.3 is 10.2 Å². The normalized spacial score (nSPS) is 14.7. The smallest absolute Gasteiger partial charge is 0.253 e. The number of nitrogens with zero attached hydrogens (tertiary/aromatic N) is 1. The first kappa shape index (κ1) is 15.7. The van der Waals surface area contributed by atoms with Crippen molar-refractivity contribution in [3.8, 4) is 0 Å². The number of carbonyl (C=O) groups excluding carboxylic acids is 2. The van der Waals surface area contributed by atoms with Crippen LogP contribution in [0.2, 0.25) is 0 Å². The van der Waals surface area contributed by atoms with Crippen LogP contribution < -0.4 is 5.32 Å². The highest BCUT2D eigenvalue weighted by molar-refractivity contribution is 5.98. The van der Waals surface area contributed by atoms with Gasteiger partial charge in [-0.05, 0) is 12.1 Å². The number of ketones is 1. The maximum absolute atomic E-state index is 12.2. The predicted molar refractivity (Wildman–Crippen MR) is 77.1 cm³/mol. The van der Waals surface area contributed by atoms with Gasteiger partial charge in [-0.25, -0.2) is 0 Å². The minimum absolute atomic E-state index is 0. The number of Topliss-reactive ketones (excluding diaryl/α,β-unsaturated/α-hetero) is 1. The molecule has 0 saturated carbocycles. The number of nitrogens with one attached hydrogen (secondary N) is 1. The number of halogens is 1. The zero-order valence-electron chi connectivity index (χ0n) is 11.0. The highest BCUT2D eigenvalue weighted by atomic mass is 35.5. The average molecular weight is 283 g/mol. The molecule has 0 bridgehead atoms. The lowest BCUT2D eigenvalue weighted by Gasteiger charge is -2.27. The summed E-state index contributed by atoms with van der Waals surface area (Å²) in [6.45, 7) is 5.02. The summed E-state index contributed by atoms with van der Waals surface area (Å²) in [5.41, 5.74) is 1.33. The monoisotopic (exact) mass is 282 g/mol. The molecule has 0 aromatic heterocycles. The van der Waals surface area contributed by atoms with Gasteiger partial charge in [-0.1, -0.05) is 19.1 Å². The van der Waals surface area contributed by atoms with E-state index < -0.39 is 0 Å². The largest absolute Gasteiger partial charge is 0.336 e. The second-order valence-electron chi connectivity index (χ2n) is 4.40. The van der Waals surface area contributed by atoms with Gasteiger partial charge >= 0.3 is 0 Å². The van der Waals surface area contributed by atoms with Gasteiger partial charge in [0.25, 0.3) is 5.91 Å². The van der Waals surface area contributed by atoms with Crippen LogP contribution >= 0.6 is 12.4 Å². The van der Waals surface area contributed by atoms with Crippen LogP contribution in [0.25, 0.3) is 0 Å². The summed E-state index contributed by atoms with van der Waals surface area (Å²) in [6.07, 6.45) is 0.491. The van der Waals surface area contributed by atoms with Gasteiger partial charge in [0.15, 0.2) is 5.78 Å². The van der Waals surface area contributed by atoms with Crippen LogP contribution in [0.4, 0.5) is 0 Å². The van der Waals surface area contributed by atoms with Gasteiger partial charge in [-0.15, -0.1) is 12.4 Å². The van der Waals surface area contributed by atoms with Crippen molar-refractivity contribution in [2.45, 2.75) is 13.3 Å². The summed E-state index contributed by atoms with van der Waals surface area (Å²) >= 11 is 0. The van der Waals surface area contributed by atoms with Crippen molar-refractivity contribution in [3.05, 3.63) is 35.4 Å². The van der Waals surface area contributed by atoms with Crippen LogP contribution in [0.3, 0.4) is 0 Å². The summed E-state index contributed by atoms with van der Waals surface area (Å²) in [6, 6.07) is 6.96. The third-order valence-electron chi connectivity index (χ3n) is 3.18. The molecule has 1 fully saturated rings. The first-order valence-electron chi connectivity index (χ1n) is 6.35. The first-order chi connectivity index (χ1) is 8.72. The molecule has 1 amide bonds. The zero-order valence-corrected chi connectivity index (χ0v) is 11.8. The average Bonchev–Trinajstić information content (AvgIpc) is 2.47. The van der Waals surface area contributed by atoms with E-state index in [1.807, 2.05) is 11.8 Å². The number of carbonyl (C=O) groups is 2. The molecule has 0 radical (unpaired) electrons. The van der Waals surface area contributed by atoms with E-state index in [0.717, 1.165) is 26.2 Å². The van der Waals surface area contributed by atoms with Gasteiger partial charge in [0.2, 0.25) is 0 Å². The Morgan fingerprint density at radius 3 is 2.16 bits per heavy atom. The standard InChI is InChI=1S/C14H18N2O2.ClH/c1-2-13(17)11-3-5-12(6-4-11)14(18)16-9-7-15-8-10-16;/h3-6,15H,2,7-10H2,1H3;1H. The summed E-state index contributed by atoms with van der Waals surface area (Å²) < 4.78 is 0. The molecule has 2 rings (SSSR count). The third kappa shape index (κ3) is 3.78. The Morgan fingerprint density at radius 1 is 1.11 bits per heavy atom. The van der Waals surface area contributed by atoms with E-state index in [9.17, 15) is 9.59 Å². The molecule has 1 aromatic rings. The van der Waals surface area contributed by atoms with E-state index in [2.05, 4.69) is 5.32 Å².